The first-order valence-electron chi connectivity index (χ1n) is 8.48. The maximum atomic E-state index is 12.7. The van der Waals surface area contributed by atoms with E-state index in [1.54, 1.807) is 49.7 Å². The minimum Gasteiger partial charge on any atom is -0.383 e. The van der Waals surface area contributed by atoms with Gasteiger partial charge in [-0.15, -0.1) is 0 Å². The molecule has 3 rings (SSSR count). The first-order chi connectivity index (χ1) is 13.1. The van der Waals surface area contributed by atoms with Crippen LogP contribution in [0, 0.1) is 0 Å². The Labute approximate surface area is 155 Å². The maximum Gasteiger partial charge on any atom is 0.258 e. The topological polar surface area (TPSA) is 97.3 Å². The number of hydrogen-bond donors (Lipinski definition) is 1. The molecule has 8 heteroatoms. The summed E-state index contributed by atoms with van der Waals surface area (Å²) in [6.45, 7) is 0.658. The molecule has 0 saturated carbocycles. The minimum atomic E-state index is -0.267. The Balaban J connectivity index is 1.84. The largest absolute Gasteiger partial charge is 0.383 e. The van der Waals surface area contributed by atoms with E-state index in [9.17, 15) is 14.4 Å². The number of H-pyrrole nitrogens is 1. The molecule has 0 atom stereocenters. The Morgan fingerprint density at radius 3 is 2.74 bits per heavy atom. The number of rotatable bonds is 7. The summed E-state index contributed by atoms with van der Waals surface area (Å²) in [7, 11) is 1.54. The highest BCUT2D eigenvalue weighted by Crippen LogP contribution is 2.07. The van der Waals surface area contributed by atoms with Gasteiger partial charge in [-0.1, -0.05) is 18.2 Å². The van der Waals surface area contributed by atoms with Crippen molar-refractivity contribution in [2.24, 2.45) is 0 Å². The maximum absolute atomic E-state index is 12.7. The van der Waals surface area contributed by atoms with Gasteiger partial charge in [-0.3, -0.25) is 14.4 Å². The summed E-state index contributed by atoms with van der Waals surface area (Å²) in [5.74, 6) is 0.111. The van der Waals surface area contributed by atoms with Gasteiger partial charge in [0, 0.05) is 25.9 Å². The van der Waals surface area contributed by atoms with Crippen molar-refractivity contribution in [1.29, 1.82) is 0 Å². The van der Waals surface area contributed by atoms with Gasteiger partial charge in [0.1, 0.15) is 12.4 Å². The summed E-state index contributed by atoms with van der Waals surface area (Å²) in [6, 6.07) is 11.7. The zero-order valence-electron chi connectivity index (χ0n) is 14.9. The van der Waals surface area contributed by atoms with Crippen molar-refractivity contribution in [3.05, 3.63) is 75.2 Å². The fraction of sp³-hybridized carbons (Fsp3) is 0.263. The summed E-state index contributed by atoms with van der Waals surface area (Å²) in [4.78, 5) is 45.5. The number of carbonyl (C=O) groups is 1. The van der Waals surface area contributed by atoms with Crippen molar-refractivity contribution in [1.82, 2.24) is 19.4 Å². The van der Waals surface area contributed by atoms with Crippen LogP contribution < -0.4 is 11.1 Å². The van der Waals surface area contributed by atoms with Crippen LogP contribution in [0.4, 0.5) is 0 Å². The summed E-state index contributed by atoms with van der Waals surface area (Å²) >= 11 is 0. The van der Waals surface area contributed by atoms with Gasteiger partial charge in [0.15, 0.2) is 0 Å². The Hall–Kier alpha value is -3.26. The van der Waals surface area contributed by atoms with Crippen LogP contribution in [0.25, 0.3) is 10.9 Å². The third kappa shape index (κ3) is 4.48. The molecule has 0 bridgehead atoms. The van der Waals surface area contributed by atoms with Crippen LogP contribution in [0.3, 0.4) is 0 Å². The van der Waals surface area contributed by atoms with Crippen LogP contribution in [0.15, 0.2) is 58.3 Å². The molecule has 0 aliphatic carbocycles. The fourth-order valence-corrected chi connectivity index (χ4v) is 2.72. The molecule has 1 N–H and O–H groups in total. The van der Waals surface area contributed by atoms with Gasteiger partial charge in [0.25, 0.3) is 11.1 Å². The van der Waals surface area contributed by atoms with E-state index >= 15 is 0 Å². The van der Waals surface area contributed by atoms with E-state index in [-0.39, 0.29) is 30.1 Å². The van der Waals surface area contributed by atoms with Crippen LogP contribution in [-0.4, -0.2) is 45.6 Å². The number of aromatic amines is 1. The number of amides is 1. The highest BCUT2D eigenvalue weighted by molar-refractivity contribution is 5.77. The molecule has 2 heterocycles. The third-order valence-electron chi connectivity index (χ3n) is 4.13. The van der Waals surface area contributed by atoms with E-state index in [0.29, 0.717) is 29.9 Å². The quantitative estimate of drug-likeness (QED) is 0.664. The number of hydrogen-bond acceptors (Lipinski definition) is 5. The average molecular weight is 368 g/mol. The summed E-state index contributed by atoms with van der Waals surface area (Å²) in [6.07, 6.45) is 1.56. The number of fused-ring (bicyclic) bond motifs is 1. The average Bonchev–Trinajstić information content (AvgIpc) is 2.67. The highest BCUT2D eigenvalue weighted by Gasteiger charge is 2.16. The van der Waals surface area contributed by atoms with Gasteiger partial charge in [-0.2, -0.15) is 0 Å². The number of methoxy groups -OCH3 is 1. The first-order valence-corrected chi connectivity index (χ1v) is 8.48. The number of para-hydroxylation sites is 1. The van der Waals surface area contributed by atoms with E-state index in [2.05, 4.69) is 9.97 Å². The lowest BCUT2D eigenvalue weighted by Crippen LogP contribution is -2.38. The number of pyridine rings is 1. The van der Waals surface area contributed by atoms with Crippen molar-refractivity contribution in [2.75, 3.05) is 20.3 Å². The van der Waals surface area contributed by atoms with Crippen LogP contribution >= 0.6 is 0 Å². The molecule has 1 aromatic carbocycles. The SMILES string of the molecule is COCCN(Cc1nc2ccccc2c(=O)[nH]1)C(=O)Cn1ccccc1=O. The highest BCUT2D eigenvalue weighted by atomic mass is 16.5. The Morgan fingerprint density at radius 2 is 1.96 bits per heavy atom. The standard InChI is InChI=1S/C19H20N4O4/c1-27-11-10-23(18(25)13-22-9-5-4-8-17(22)24)12-16-20-15-7-3-2-6-14(15)19(26)21-16/h2-9H,10-13H2,1H3,(H,20,21,26). The predicted octanol–water partition coefficient (Wildman–Crippen LogP) is 0.760. The molecule has 0 aliphatic rings. The lowest BCUT2D eigenvalue weighted by atomic mass is 10.2. The molecular formula is C19H20N4O4. The Bertz CT molecular complexity index is 1060. The minimum absolute atomic E-state index is 0.0960. The lowest BCUT2D eigenvalue weighted by Gasteiger charge is -2.22. The number of ether oxygens (including phenoxy) is 1. The molecule has 0 radical (unpaired) electrons. The van der Waals surface area contributed by atoms with Crippen LogP contribution in [0.2, 0.25) is 0 Å². The Morgan fingerprint density at radius 1 is 1.19 bits per heavy atom. The van der Waals surface area contributed by atoms with Crippen molar-refractivity contribution >= 4 is 16.8 Å². The van der Waals surface area contributed by atoms with E-state index in [4.69, 9.17) is 4.74 Å². The van der Waals surface area contributed by atoms with Crippen molar-refractivity contribution < 1.29 is 9.53 Å². The van der Waals surface area contributed by atoms with Crippen molar-refractivity contribution in [2.45, 2.75) is 13.1 Å². The number of nitrogens with one attached hydrogen (secondary N) is 1. The number of carbonyl (C=O) groups excluding carboxylic acids is 1. The number of nitrogens with zero attached hydrogens (tertiary/aromatic N) is 3. The zero-order valence-corrected chi connectivity index (χ0v) is 14.9. The van der Waals surface area contributed by atoms with Gasteiger partial charge in [-0.05, 0) is 18.2 Å². The molecule has 0 aliphatic heterocycles. The molecule has 8 nitrogen and oxygen atoms in total. The molecule has 27 heavy (non-hydrogen) atoms. The van der Waals surface area contributed by atoms with Gasteiger partial charge in [0.2, 0.25) is 5.91 Å². The Kier molecular flexibility index (Phi) is 5.77. The molecule has 0 fully saturated rings. The summed E-state index contributed by atoms with van der Waals surface area (Å²) < 4.78 is 6.41. The summed E-state index contributed by atoms with van der Waals surface area (Å²) in [5, 5.41) is 0.492. The molecule has 0 spiro atoms. The van der Waals surface area contributed by atoms with E-state index in [1.165, 1.54) is 15.5 Å². The van der Waals surface area contributed by atoms with Gasteiger partial charge >= 0.3 is 0 Å². The van der Waals surface area contributed by atoms with Gasteiger partial charge < -0.3 is 19.2 Å². The molecule has 140 valence electrons. The monoisotopic (exact) mass is 368 g/mol. The van der Waals surface area contributed by atoms with Gasteiger partial charge in [0.05, 0.1) is 24.1 Å². The second kappa shape index (κ2) is 8.41. The third-order valence-corrected chi connectivity index (χ3v) is 4.13. The van der Waals surface area contributed by atoms with Crippen molar-refractivity contribution in [3.63, 3.8) is 0 Å². The summed E-state index contributed by atoms with van der Waals surface area (Å²) in [5.41, 5.74) is 0.0541. The van der Waals surface area contributed by atoms with Crippen LogP contribution in [-0.2, 0) is 22.6 Å². The van der Waals surface area contributed by atoms with E-state index < -0.39 is 0 Å². The fourth-order valence-electron chi connectivity index (χ4n) is 2.72. The molecule has 2 aromatic heterocycles. The predicted molar refractivity (Wildman–Crippen MR) is 100 cm³/mol. The molecule has 1 amide bonds. The van der Waals surface area contributed by atoms with Crippen LogP contribution in [0.1, 0.15) is 5.82 Å². The number of benzene rings is 1. The zero-order chi connectivity index (χ0) is 19.2. The molecular weight excluding hydrogens is 348 g/mol. The van der Waals surface area contributed by atoms with Gasteiger partial charge in [-0.25, -0.2) is 4.98 Å². The molecule has 3 aromatic rings. The smallest absolute Gasteiger partial charge is 0.258 e. The van der Waals surface area contributed by atoms with E-state index in [1.807, 2.05) is 0 Å². The number of aromatic nitrogens is 3. The second-order valence-corrected chi connectivity index (χ2v) is 6.00. The van der Waals surface area contributed by atoms with Crippen molar-refractivity contribution in [3.8, 4) is 0 Å². The van der Waals surface area contributed by atoms with Crippen LogP contribution in [0.5, 0.6) is 0 Å². The second-order valence-electron chi connectivity index (χ2n) is 6.00. The molecule has 0 unspecified atom stereocenters. The first kappa shape index (κ1) is 18.5. The molecule has 0 saturated heterocycles. The lowest BCUT2D eigenvalue weighted by molar-refractivity contribution is -0.133. The normalized spacial score (nSPS) is 10.9. The van der Waals surface area contributed by atoms with E-state index in [0.717, 1.165) is 0 Å².